The van der Waals surface area contributed by atoms with E-state index >= 15 is 0 Å². The molecule has 0 aromatic heterocycles. The lowest BCUT2D eigenvalue weighted by Gasteiger charge is -2.19. The van der Waals surface area contributed by atoms with E-state index < -0.39 is 0 Å². The van der Waals surface area contributed by atoms with Crippen LogP contribution in [-0.2, 0) is 4.79 Å². The number of nitrogens with two attached hydrogens (primary N) is 1. The second-order valence-corrected chi connectivity index (χ2v) is 5.62. The minimum absolute atomic E-state index is 0.0341. The van der Waals surface area contributed by atoms with Crippen molar-refractivity contribution in [1.82, 2.24) is 0 Å². The van der Waals surface area contributed by atoms with Gasteiger partial charge in [-0.15, -0.1) is 0 Å². The van der Waals surface area contributed by atoms with E-state index in [9.17, 15) is 4.79 Å². The zero-order chi connectivity index (χ0) is 13.4. The van der Waals surface area contributed by atoms with E-state index in [0.717, 1.165) is 32.1 Å². The van der Waals surface area contributed by atoms with Crippen LogP contribution in [0.25, 0.3) is 0 Å². The van der Waals surface area contributed by atoms with Crippen molar-refractivity contribution >= 4 is 5.91 Å². The van der Waals surface area contributed by atoms with Gasteiger partial charge in [-0.25, -0.2) is 0 Å². The van der Waals surface area contributed by atoms with Crippen molar-refractivity contribution in [2.45, 2.75) is 59.8 Å². The van der Waals surface area contributed by atoms with Gasteiger partial charge in [0.15, 0.2) is 0 Å². The smallest absolute Gasteiger partial charge is 0.220 e. The standard InChI is InChI=1S/C15H29NO/c1-6-7-12(4)13(5)8-9-14(15(16)17)10-11(2)3/h11,13-14H,4,6-10H2,1-3,5H3,(H2,16,17)/t13?,14-/m0/s1. The maximum absolute atomic E-state index is 11.3. The van der Waals surface area contributed by atoms with E-state index in [1.807, 2.05) is 0 Å². The van der Waals surface area contributed by atoms with Gasteiger partial charge in [0, 0.05) is 5.92 Å². The number of hydrogen-bond acceptors (Lipinski definition) is 1. The van der Waals surface area contributed by atoms with Crippen molar-refractivity contribution in [1.29, 1.82) is 0 Å². The second kappa shape index (κ2) is 8.32. The predicted molar refractivity (Wildman–Crippen MR) is 74.6 cm³/mol. The van der Waals surface area contributed by atoms with Crippen molar-refractivity contribution in [3.05, 3.63) is 12.2 Å². The van der Waals surface area contributed by atoms with Crippen LogP contribution in [0.1, 0.15) is 59.8 Å². The van der Waals surface area contributed by atoms with Crippen LogP contribution in [-0.4, -0.2) is 5.91 Å². The summed E-state index contributed by atoms with van der Waals surface area (Å²) < 4.78 is 0. The van der Waals surface area contributed by atoms with E-state index in [4.69, 9.17) is 5.73 Å². The monoisotopic (exact) mass is 239 g/mol. The maximum Gasteiger partial charge on any atom is 0.220 e. The van der Waals surface area contributed by atoms with Crippen LogP contribution in [0.5, 0.6) is 0 Å². The Morgan fingerprint density at radius 2 is 1.82 bits per heavy atom. The molecular formula is C15H29NO. The van der Waals surface area contributed by atoms with Crippen LogP contribution in [0.2, 0.25) is 0 Å². The Morgan fingerprint density at radius 3 is 2.24 bits per heavy atom. The summed E-state index contributed by atoms with van der Waals surface area (Å²) in [7, 11) is 0. The van der Waals surface area contributed by atoms with Crippen LogP contribution in [0.3, 0.4) is 0 Å². The summed E-state index contributed by atoms with van der Waals surface area (Å²) in [6, 6.07) is 0. The second-order valence-electron chi connectivity index (χ2n) is 5.62. The van der Waals surface area contributed by atoms with Crippen molar-refractivity contribution in [3.63, 3.8) is 0 Å². The van der Waals surface area contributed by atoms with Gasteiger partial charge < -0.3 is 5.73 Å². The zero-order valence-corrected chi connectivity index (χ0v) is 12.0. The van der Waals surface area contributed by atoms with E-state index in [1.54, 1.807) is 0 Å². The molecular weight excluding hydrogens is 210 g/mol. The minimum Gasteiger partial charge on any atom is -0.369 e. The Hall–Kier alpha value is -0.790. The van der Waals surface area contributed by atoms with Crippen molar-refractivity contribution in [2.24, 2.45) is 23.5 Å². The normalized spacial score (nSPS) is 14.6. The van der Waals surface area contributed by atoms with Gasteiger partial charge in [-0.05, 0) is 37.5 Å². The highest BCUT2D eigenvalue weighted by Crippen LogP contribution is 2.24. The fraction of sp³-hybridized carbons (Fsp3) is 0.800. The molecule has 2 N–H and O–H groups in total. The summed E-state index contributed by atoms with van der Waals surface area (Å²) >= 11 is 0. The molecule has 2 atom stereocenters. The molecule has 0 aromatic carbocycles. The lowest BCUT2D eigenvalue weighted by atomic mass is 9.86. The molecule has 2 heteroatoms. The molecule has 1 amide bonds. The molecule has 2 nitrogen and oxygen atoms in total. The highest BCUT2D eigenvalue weighted by molar-refractivity contribution is 5.76. The van der Waals surface area contributed by atoms with E-state index in [2.05, 4.69) is 34.3 Å². The van der Waals surface area contributed by atoms with Gasteiger partial charge in [0.05, 0.1) is 0 Å². The third kappa shape index (κ3) is 7.19. The molecule has 0 radical (unpaired) electrons. The van der Waals surface area contributed by atoms with Gasteiger partial charge in [0.25, 0.3) is 0 Å². The highest BCUT2D eigenvalue weighted by Gasteiger charge is 2.18. The first-order chi connectivity index (χ1) is 7.88. The van der Waals surface area contributed by atoms with E-state index in [1.165, 1.54) is 5.57 Å². The molecule has 1 unspecified atom stereocenters. The lowest BCUT2D eigenvalue weighted by molar-refractivity contribution is -0.122. The first kappa shape index (κ1) is 16.2. The van der Waals surface area contributed by atoms with Gasteiger partial charge in [-0.3, -0.25) is 4.79 Å². The Balaban J connectivity index is 4.12. The van der Waals surface area contributed by atoms with Gasteiger partial charge in [0.1, 0.15) is 0 Å². The molecule has 0 rings (SSSR count). The van der Waals surface area contributed by atoms with Crippen LogP contribution in [0.4, 0.5) is 0 Å². The van der Waals surface area contributed by atoms with Gasteiger partial charge in [-0.1, -0.05) is 46.3 Å². The highest BCUT2D eigenvalue weighted by atomic mass is 16.1. The number of amides is 1. The largest absolute Gasteiger partial charge is 0.369 e. The summed E-state index contributed by atoms with van der Waals surface area (Å²) in [5.74, 6) is 0.921. The Bertz CT molecular complexity index is 245. The van der Waals surface area contributed by atoms with Crippen LogP contribution in [0, 0.1) is 17.8 Å². The predicted octanol–water partition coefficient (Wildman–Crippen LogP) is 3.91. The van der Waals surface area contributed by atoms with Crippen LogP contribution in [0.15, 0.2) is 12.2 Å². The van der Waals surface area contributed by atoms with E-state index in [0.29, 0.717) is 11.8 Å². The average Bonchev–Trinajstić information content (AvgIpc) is 2.23. The molecule has 0 saturated heterocycles. The summed E-state index contributed by atoms with van der Waals surface area (Å²) in [5, 5.41) is 0. The van der Waals surface area contributed by atoms with Crippen molar-refractivity contribution < 1.29 is 4.79 Å². The molecule has 0 aromatic rings. The fourth-order valence-corrected chi connectivity index (χ4v) is 2.17. The molecule has 17 heavy (non-hydrogen) atoms. The summed E-state index contributed by atoms with van der Waals surface area (Å²) in [6.07, 6.45) is 5.07. The number of allylic oxidation sites excluding steroid dienone is 1. The molecule has 0 aliphatic heterocycles. The molecule has 0 fully saturated rings. The fourth-order valence-electron chi connectivity index (χ4n) is 2.17. The average molecular weight is 239 g/mol. The number of rotatable bonds is 9. The Labute approximate surface area is 107 Å². The summed E-state index contributed by atoms with van der Waals surface area (Å²) in [4.78, 5) is 11.3. The SMILES string of the molecule is C=C(CCC)C(C)CC[C@@H](CC(C)C)C(N)=O. The Kier molecular flexibility index (Phi) is 7.94. The number of carbonyl (C=O) groups excluding carboxylic acids is 1. The first-order valence-electron chi connectivity index (χ1n) is 6.85. The van der Waals surface area contributed by atoms with E-state index in [-0.39, 0.29) is 11.8 Å². The quantitative estimate of drug-likeness (QED) is 0.609. The number of carbonyl (C=O) groups is 1. The zero-order valence-electron chi connectivity index (χ0n) is 12.0. The maximum atomic E-state index is 11.3. The molecule has 100 valence electrons. The molecule has 0 saturated carbocycles. The van der Waals surface area contributed by atoms with Crippen LogP contribution >= 0.6 is 0 Å². The molecule has 0 heterocycles. The summed E-state index contributed by atoms with van der Waals surface area (Å²) in [6.45, 7) is 12.7. The number of primary amides is 1. The topological polar surface area (TPSA) is 43.1 Å². The van der Waals surface area contributed by atoms with Gasteiger partial charge in [-0.2, -0.15) is 0 Å². The molecule has 0 aliphatic carbocycles. The molecule has 0 spiro atoms. The summed E-state index contributed by atoms with van der Waals surface area (Å²) in [5.41, 5.74) is 6.75. The third-order valence-electron chi connectivity index (χ3n) is 3.37. The van der Waals surface area contributed by atoms with Crippen molar-refractivity contribution in [3.8, 4) is 0 Å². The molecule has 0 aliphatic rings. The number of hydrogen-bond donors (Lipinski definition) is 1. The molecule has 0 bridgehead atoms. The first-order valence-corrected chi connectivity index (χ1v) is 6.85. The minimum atomic E-state index is -0.146. The Morgan fingerprint density at radius 1 is 1.24 bits per heavy atom. The third-order valence-corrected chi connectivity index (χ3v) is 3.37. The van der Waals surface area contributed by atoms with Crippen molar-refractivity contribution in [2.75, 3.05) is 0 Å². The van der Waals surface area contributed by atoms with Gasteiger partial charge in [0.2, 0.25) is 5.91 Å². The van der Waals surface area contributed by atoms with Gasteiger partial charge >= 0.3 is 0 Å². The lowest BCUT2D eigenvalue weighted by Crippen LogP contribution is -2.25. The van der Waals surface area contributed by atoms with Crippen LogP contribution < -0.4 is 5.73 Å².